The van der Waals surface area contributed by atoms with Gasteiger partial charge < -0.3 is 20.1 Å². The van der Waals surface area contributed by atoms with E-state index < -0.39 is 18.0 Å². The molecule has 0 radical (unpaired) electrons. The molecule has 2 amide bonds. The van der Waals surface area contributed by atoms with Gasteiger partial charge in [-0.3, -0.25) is 4.79 Å². The highest BCUT2D eigenvalue weighted by molar-refractivity contribution is 5.82. The Kier molecular flexibility index (Phi) is 6.02. The number of benzene rings is 1. The topological polar surface area (TPSA) is 78.9 Å². The molecule has 0 saturated heterocycles. The minimum Gasteiger partial charge on any atom is -0.496 e. The van der Waals surface area contributed by atoms with Gasteiger partial charge in [-0.25, -0.2) is 4.79 Å². The first-order chi connectivity index (χ1) is 9.86. The van der Waals surface area contributed by atoms with E-state index in [4.69, 9.17) is 9.84 Å². The average molecular weight is 294 g/mol. The average Bonchev–Trinajstić information content (AvgIpc) is 2.46. The molecule has 0 heterocycles. The van der Waals surface area contributed by atoms with Crippen LogP contribution in [0.3, 0.4) is 0 Å². The van der Waals surface area contributed by atoms with E-state index in [0.717, 1.165) is 11.3 Å². The number of carbonyl (C=O) groups excluding carboxylic acids is 1. The van der Waals surface area contributed by atoms with Gasteiger partial charge in [-0.1, -0.05) is 18.2 Å². The highest BCUT2D eigenvalue weighted by Gasteiger charge is 2.21. The molecule has 116 valence electrons. The molecule has 1 rings (SSSR count). The molecule has 2 atom stereocenters. The zero-order chi connectivity index (χ0) is 16.0. The van der Waals surface area contributed by atoms with Crippen molar-refractivity contribution in [1.82, 2.24) is 10.2 Å². The van der Waals surface area contributed by atoms with Gasteiger partial charge >= 0.3 is 12.0 Å². The lowest BCUT2D eigenvalue weighted by Gasteiger charge is -2.26. The van der Waals surface area contributed by atoms with Gasteiger partial charge in [0.15, 0.2) is 0 Å². The van der Waals surface area contributed by atoms with Gasteiger partial charge in [-0.2, -0.15) is 0 Å². The van der Waals surface area contributed by atoms with Crippen LogP contribution in [0.2, 0.25) is 0 Å². The summed E-state index contributed by atoms with van der Waals surface area (Å²) in [5, 5.41) is 11.2. The SMILES string of the molecule is COc1ccccc1CC(C)N(C)C(=O)NC(C)C(=O)O. The molecule has 0 spiro atoms. The van der Waals surface area contributed by atoms with Crippen molar-refractivity contribution in [3.05, 3.63) is 29.8 Å². The van der Waals surface area contributed by atoms with Crippen molar-refractivity contribution in [3.63, 3.8) is 0 Å². The first-order valence-electron chi connectivity index (χ1n) is 6.74. The number of carboxylic acid groups (broad SMARTS) is 1. The van der Waals surface area contributed by atoms with E-state index in [1.165, 1.54) is 11.8 Å². The number of likely N-dealkylation sites (N-methyl/N-ethyl adjacent to an activating group) is 1. The summed E-state index contributed by atoms with van der Waals surface area (Å²) in [7, 11) is 3.25. The lowest BCUT2D eigenvalue weighted by Crippen LogP contribution is -2.48. The number of urea groups is 1. The van der Waals surface area contributed by atoms with E-state index in [9.17, 15) is 9.59 Å². The highest BCUT2D eigenvalue weighted by Crippen LogP contribution is 2.20. The fourth-order valence-electron chi connectivity index (χ4n) is 1.88. The summed E-state index contributed by atoms with van der Waals surface area (Å²) in [6.45, 7) is 3.33. The predicted molar refractivity (Wildman–Crippen MR) is 79.6 cm³/mol. The Hall–Kier alpha value is -2.24. The number of carbonyl (C=O) groups is 2. The molecular formula is C15H22N2O4. The lowest BCUT2D eigenvalue weighted by atomic mass is 10.1. The summed E-state index contributed by atoms with van der Waals surface area (Å²) in [5.74, 6) is -0.286. The maximum absolute atomic E-state index is 12.0. The number of para-hydroxylation sites is 1. The number of nitrogens with zero attached hydrogens (tertiary/aromatic N) is 1. The van der Waals surface area contributed by atoms with E-state index in [-0.39, 0.29) is 6.04 Å². The molecule has 2 N–H and O–H groups in total. The minimum absolute atomic E-state index is 0.0951. The third kappa shape index (κ3) is 4.66. The fourth-order valence-corrected chi connectivity index (χ4v) is 1.88. The Bertz CT molecular complexity index is 504. The second kappa shape index (κ2) is 7.52. The maximum atomic E-state index is 12.0. The molecule has 6 heteroatoms. The van der Waals surface area contributed by atoms with Crippen molar-refractivity contribution in [2.24, 2.45) is 0 Å². The zero-order valence-corrected chi connectivity index (χ0v) is 12.8. The van der Waals surface area contributed by atoms with E-state index in [1.54, 1.807) is 14.2 Å². The van der Waals surface area contributed by atoms with Crippen LogP contribution in [0.25, 0.3) is 0 Å². The number of nitrogens with one attached hydrogen (secondary N) is 1. The number of methoxy groups -OCH3 is 1. The van der Waals surface area contributed by atoms with Gasteiger partial charge in [0.2, 0.25) is 0 Å². The number of rotatable bonds is 6. The largest absolute Gasteiger partial charge is 0.496 e. The van der Waals surface area contributed by atoms with Crippen LogP contribution in [0.15, 0.2) is 24.3 Å². The van der Waals surface area contributed by atoms with E-state index in [2.05, 4.69) is 5.32 Å². The van der Waals surface area contributed by atoms with Crippen LogP contribution in [-0.4, -0.2) is 48.2 Å². The molecule has 0 aliphatic rings. The number of aliphatic carboxylic acids is 1. The van der Waals surface area contributed by atoms with Gasteiger partial charge in [0.25, 0.3) is 0 Å². The van der Waals surface area contributed by atoms with E-state index in [1.807, 2.05) is 31.2 Å². The molecule has 0 aliphatic carbocycles. The summed E-state index contributed by atoms with van der Waals surface area (Å²) in [4.78, 5) is 24.2. The molecule has 0 fully saturated rings. The summed E-state index contributed by atoms with van der Waals surface area (Å²) in [6, 6.07) is 6.19. The number of hydrogen-bond acceptors (Lipinski definition) is 3. The van der Waals surface area contributed by atoms with Crippen LogP contribution in [-0.2, 0) is 11.2 Å². The Morgan fingerprint density at radius 1 is 1.33 bits per heavy atom. The van der Waals surface area contributed by atoms with Crippen molar-refractivity contribution in [1.29, 1.82) is 0 Å². The molecule has 0 aliphatic heterocycles. The predicted octanol–water partition coefficient (Wildman–Crippen LogP) is 1.74. The Morgan fingerprint density at radius 2 is 1.95 bits per heavy atom. The molecular weight excluding hydrogens is 272 g/mol. The van der Waals surface area contributed by atoms with E-state index >= 15 is 0 Å². The molecule has 0 aromatic heterocycles. The number of amides is 2. The second-order valence-corrected chi connectivity index (χ2v) is 4.99. The Morgan fingerprint density at radius 3 is 2.52 bits per heavy atom. The third-order valence-corrected chi connectivity index (χ3v) is 3.40. The third-order valence-electron chi connectivity index (χ3n) is 3.40. The Labute approximate surface area is 124 Å². The molecule has 0 saturated carbocycles. The minimum atomic E-state index is -1.06. The number of carboxylic acids is 1. The number of hydrogen-bond donors (Lipinski definition) is 2. The summed E-state index contributed by atoms with van der Waals surface area (Å²) < 4.78 is 5.29. The molecule has 21 heavy (non-hydrogen) atoms. The van der Waals surface area contributed by atoms with Crippen molar-refractivity contribution < 1.29 is 19.4 Å². The standard InChI is InChI=1S/C15H22N2O4/c1-10(9-12-7-5-6-8-13(12)21-4)17(3)15(20)16-11(2)14(18)19/h5-8,10-11H,9H2,1-4H3,(H,16,20)(H,18,19). The molecule has 2 unspecified atom stereocenters. The van der Waals surface area contributed by atoms with Gasteiger partial charge in [0.1, 0.15) is 11.8 Å². The van der Waals surface area contributed by atoms with Gasteiger partial charge in [0.05, 0.1) is 7.11 Å². The second-order valence-electron chi connectivity index (χ2n) is 4.99. The van der Waals surface area contributed by atoms with Crippen LogP contribution in [0.5, 0.6) is 5.75 Å². The lowest BCUT2D eigenvalue weighted by molar-refractivity contribution is -0.138. The smallest absolute Gasteiger partial charge is 0.325 e. The van der Waals surface area contributed by atoms with Gasteiger partial charge in [-0.05, 0) is 31.9 Å². The maximum Gasteiger partial charge on any atom is 0.325 e. The Balaban J connectivity index is 2.68. The van der Waals surface area contributed by atoms with Gasteiger partial charge in [0, 0.05) is 13.1 Å². The number of ether oxygens (including phenoxy) is 1. The fraction of sp³-hybridized carbons (Fsp3) is 0.467. The van der Waals surface area contributed by atoms with Crippen LogP contribution in [0.1, 0.15) is 19.4 Å². The van der Waals surface area contributed by atoms with Gasteiger partial charge in [-0.15, -0.1) is 0 Å². The monoisotopic (exact) mass is 294 g/mol. The van der Waals surface area contributed by atoms with Crippen molar-refractivity contribution in [3.8, 4) is 5.75 Å². The highest BCUT2D eigenvalue weighted by atomic mass is 16.5. The van der Waals surface area contributed by atoms with Crippen molar-refractivity contribution in [2.75, 3.05) is 14.2 Å². The summed E-state index contributed by atoms with van der Waals surface area (Å²) >= 11 is 0. The van der Waals surface area contributed by atoms with Crippen LogP contribution >= 0.6 is 0 Å². The van der Waals surface area contributed by atoms with Crippen LogP contribution in [0.4, 0.5) is 4.79 Å². The molecule has 6 nitrogen and oxygen atoms in total. The quantitative estimate of drug-likeness (QED) is 0.837. The molecule has 0 bridgehead atoms. The molecule has 1 aromatic rings. The van der Waals surface area contributed by atoms with Crippen molar-refractivity contribution in [2.45, 2.75) is 32.4 Å². The summed E-state index contributed by atoms with van der Waals surface area (Å²) in [6.07, 6.45) is 0.620. The first-order valence-corrected chi connectivity index (χ1v) is 6.74. The summed E-state index contributed by atoms with van der Waals surface area (Å²) in [5.41, 5.74) is 0.999. The molecule has 1 aromatic carbocycles. The first kappa shape index (κ1) is 16.8. The zero-order valence-electron chi connectivity index (χ0n) is 12.8. The normalized spacial score (nSPS) is 13.1. The van der Waals surface area contributed by atoms with Crippen LogP contribution in [0, 0.1) is 0 Å². The van der Waals surface area contributed by atoms with Crippen LogP contribution < -0.4 is 10.1 Å². The van der Waals surface area contributed by atoms with E-state index in [0.29, 0.717) is 6.42 Å². The van der Waals surface area contributed by atoms with Crippen molar-refractivity contribution >= 4 is 12.0 Å².